The van der Waals surface area contributed by atoms with Crippen molar-refractivity contribution in [3.8, 4) is 0 Å². The Morgan fingerprint density at radius 3 is 2.50 bits per heavy atom. The molecule has 0 spiro atoms. The fourth-order valence-electron chi connectivity index (χ4n) is 6.46. The van der Waals surface area contributed by atoms with Crippen LogP contribution in [0.25, 0.3) is 0 Å². The number of ether oxygens (including phenoxy) is 3. The minimum Gasteiger partial charge on any atom is -0.457 e. The normalized spacial score (nSPS) is 33.1. The monoisotopic (exact) mass is 538 g/mol. The molecule has 0 heterocycles. The topological polar surface area (TPSA) is 116 Å². The average molecular weight is 539 g/mol. The molecule has 6 atom stereocenters. The first-order valence-electron chi connectivity index (χ1n) is 13.2. The minimum atomic E-state index is -5.93. The Morgan fingerprint density at radius 1 is 1.08 bits per heavy atom. The van der Waals surface area contributed by atoms with E-state index >= 15 is 0 Å². The van der Waals surface area contributed by atoms with Gasteiger partial charge in [0.25, 0.3) is 0 Å². The van der Waals surface area contributed by atoms with Gasteiger partial charge < -0.3 is 14.2 Å². The summed E-state index contributed by atoms with van der Waals surface area (Å²) in [4.78, 5) is 24.7. The zero-order valence-corrected chi connectivity index (χ0v) is 22.1. The Balaban J connectivity index is 1.48. The molecule has 3 aliphatic rings. The van der Waals surface area contributed by atoms with Gasteiger partial charge in [0.2, 0.25) is 0 Å². The van der Waals surface area contributed by atoms with Crippen LogP contribution in [0.2, 0.25) is 0 Å². The van der Waals surface area contributed by atoms with Crippen molar-refractivity contribution in [2.45, 2.75) is 102 Å². The third kappa shape index (κ3) is 7.16. The molecule has 2 bridgehead atoms. The Labute approximate surface area is 212 Å². The van der Waals surface area contributed by atoms with Gasteiger partial charge in [0.05, 0.1) is 12.0 Å². The predicted molar refractivity (Wildman–Crippen MR) is 126 cm³/mol. The molecule has 3 rings (SSSR count). The molecule has 208 valence electrons. The molecule has 0 radical (unpaired) electrons. The van der Waals surface area contributed by atoms with Crippen molar-refractivity contribution in [2.75, 3.05) is 13.4 Å². The minimum absolute atomic E-state index is 0.140. The number of carbonyl (C=O) groups is 2. The molecule has 0 aromatic carbocycles. The van der Waals surface area contributed by atoms with Gasteiger partial charge in [-0.1, -0.05) is 39.0 Å². The van der Waals surface area contributed by atoms with Crippen molar-refractivity contribution in [3.63, 3.8) is 0 Å². The maximum absolute atomic E-state index is 13.7. The van der Waals surface area contributed by atoms with Gasteiger partial charge in [0.1, 0.15) is 6.10 Å². The quantitative estimate of drug-likeness (QED) is 0.167. The number of fused-ring (bicyclic) bond motifs is 2. The first kappa shape index (κ1) is 29.2. The second kappa shape index (κ2) is 12.0. The van der Waals surface area contributed by atoms with E-state index in [-0.39, 0.29) is 31.5 Å². The largest absolute Gasteiger partial charge is 0.465 e. The van der Waals surface area contributed by atoms with E-state index in [1.165, 1.54) is 32.1 Å². The molecule has 0 aromatic rings. The zero-order chi connectivity index (χ0) is 26.6. The van der Waals surface area contributed by atoms with Crippen LogP contribution < -0.4 is 0 Å². The summed E-state index contributed by atoms with van der Waals surface area (Å²) >= 11 is 0. The van der Waals surface area contributed by atoms with E-state index in [9.17, 15) is 26.8 Å². The highest BCUT2D eigenvalue weighted by molar-refractivity contribution is 7.87. The maximum atomic E-state index is 13.7. The van der Waals surface area contributed by atoms with Crippen LogP contribution in [0, 0.1) is 29.1 Å². The van der Waals surface area contributed by atoms with Crippen LogP contribution in [-0.4, -0.2) is 49.7 Å². The number of hydrogen-bond acceptors (Lipinski definition) is 7. The van der Waals surface area contributed by atoms with Gasteiger partial charge in [-0.3, -0.25) is 9.35 Å². The highest BCUT2D eigenvalue weighted by Crippen LogP contribution is 2.50. The molecule has 36 heavy (non-hydrogen) atoms. The van der Waals surface area contributed by atoms with Gasteiger partial charge in [-0.15, -0.1) is 0 Å². The number of rotatable bonds is 11. The van der Waals surface area contributed by atoms with E-state index in [4.69, 9.17) is 18.8 Å². The smallest absolute Gasteiger partial charge is 0.457 e. The highest BCUT2D eigenvalue weighted by atomic mass is 32.2. The molecule has 8 nitrogen and oxygen atoms in total. The van der Waals surface area contributed by atoms with Crippen molar-refractivity contribution >= 4 is 22.1 Å². The molecule has 1 N–H and O–H groups in total. The lowest BCUT2D eigenvalue weighted by atomic mass is 9.60. The van der Waals surface area contributed by atoms with Gasteiger partial charge in [0, 0.05) is 0 Å². The first-order chi connectivity index (χ1) is 16.9. The molecule has 0 aliphatic heterocycles. The Bertz CT molecular complexity index is 879. The van der Waals surface area contributed by atoms with Crippen LogP contribution in [0.15, 0.2) is 0 Å². The molecule has 0 saturated heterocycles. The van der Waals surface area contributed by atoms with Crippen LogP contribution in [0.5, 0.6) is 0 Å². The standard InChI is InChI=1S/C25H40F2O8S/c1-3-4-6-17-7-5-8-19(11-17)15-33-16-34-22(28)24(2)13-18-9-10-21(20(12-18)14-24)35-23(29)25(26,27)36(30,31)32/h17-21H,3-16H2,1-2H3,(H,30,31,32). The lowest BCUT2D eigenvalue weighted by Gasteiger charge is -2.46. The fraction of sp³-hybridized carbons (Fsp3) is 0.920. The van der Waals surface area contributed by atoms with Crippen LogP contribution in [0.3, 0.4) is 0 Å². The van der Waals surface area contributed by atoms with E-state index in [0.29, 0.717) is 31.8 Å². The van der Waals surface area contributed by atoms with Crippen LogP contribution in [0.4, 0.5) is 8.78 Å². The number of hydrogen-bond donors (Lipinski definition) is 1. The lowest BCUT2D eigenvalue weighted by molar-refractivity contribution is -0.182. The number of esters is 2. The number of halogens is 2. The van der Waals surface area contributed by atoms with Crippen LogP contribution in [-0.2, 0) is 33.9 Å². The fourth-order valence-corrected chi connectivity index (χ4v) is 6.72. The highest BCUT2D eigenvalue weighted by Gasteiger charge is 2.56. The molecule has 0 amide bonds. The van der Waals surface area contributed by atoms with Crippen LogP contribution >= 0.6 is 0 Å². The molecule has 3 saturated carbocycles. The number of unbranched alkanes of at least 4 members (excludes halogenated alkanes) is 1. The van der Waals surface area contributed by atoms with E-state index in [1.54, 1.807) is 6.92 Å². The van der Waals surface area contributed by atoms with Gasteiger partial charge >= 0.3 is 27.3 Å². The van der Waals surface area contributed by atoms with Gasteiger partial charge in [-0.25, -0.2) is 4.79 Å². The summed E-state index contributed by atoms with van der Waals surface area (Å²) in [6, 6.07) is 0. The van der Waals surface area contributed by atoms with E-state index in [1.807, 2.05) is 0 Å². The average Bonchev–Trinajstić information content (AvgIpc) is 2.81. The van der Waals surface area contributed by atoms with Gasteiger partial charge in [-0.2, -0.15) is 17.2 Å². The second-order valence-electron chi connectivity index (χ2n) is 11.3. The molecule has 3 fully saturated rings. The Kier molecular flexibility index (Phi) is 9.76. The molecule has 0 aromatic heterocycles. The Hall–Kier alpha value is -1.33. The van der Waals surface area contributed by atoms with E-state index in [0.717, 1.165) is 18.8 Å². The van der Waals surface area contributed by atoms with Gasteiger partial charge in [-0.05, 0) is 75.5 Å². The van der Waals surface area contributed by atoms with Gasteiger partial charge in [0.15, 0.2) is 6.79 Å². The lowest BCUT2D eigenvalue weighted by Crippen LogP contribution is -2.48. The molecule has 3 aliphatic carbocycles. The molecular formula is C25H40F2O8S. The zero-order valence-electron chi connectivity index (χ0n) is 21.3. The summed E-state index contributed by atoms with van der Waals surface area (Å²) in [6.45, 7) is 4.37. The SMILES string of the molecule is CCCCC1CCCC(COCOC(=O)C2(C)CC3CCC(OC(=O)C(F)(F)S(=O)(=O)O)C(C3)C2)C1. The van der Waals surface area contributed by atoms with E-state index < -0.39 is 38.8 Å². The van der Waals surface area contributed by atoms with Crippen molar-refractivity contribution < 1.29 is 45.6 Å². The third-order valence-corrected chi connectivity index (χ3v) is 9.08. The van der Waals surface area contributed by atoms with Crippen molar-refractivity contribution in [1.29, 1.82) is 0 Å². The summed E-state index contributed by atoms with van der Waals surface area (Å²) in [6.07, 6.45) is 9.74. The second-order valence-corrected chi connectivity index (χ2v) is 12.8. The van der Waals surface area contributed by atoms with Crippen molar-refractivity contribution in [2.24, 2.45) is 29.1 Å². The number of alkyl halides is 2. The summed E-state index contributed by atoms with van der Waals surface area (Å²) < 4.78 is 73.7. The van der Waals surface area contributed by atoms with Crippen molar-refractivity contribution in [1.82, 2.24) is 0 Å². The predicted octanol–water partition coefficient (Wildman–Crippen LogP) is 5.11. The summed E-state index contributed by atoms with van der Waals surface area (Å²) in [5.74, 6) is -1.76. The molecule has 6 unspecified atom stereocenters. The summed E-state index contributed by atoms with van der Waals surface area (Å²) in [7, 11) is -5.93. The number of carbonyl (C=O) groups excluding carboxylic acids is 2. The Morgan fingerprint density at radius 2 is 1.81 bits per heavy atom. The van der Waals surface area contributed by atoms with Crippen molar-refractivity contribution in [3.05, 3.63) is 0 Å². The summed E-state index contributed by atoms with van der Waals surface area (Å²) in [5.41, 5.74) is -0.885. The summed E-state index contributed by atoms with van der Waals surface area (Å²) in [5, 5.41) is -5.04. The molecule has 11 heteroatoms. The first-order valence-corrected chi connectivity index (χ1v) is 14.6. The third-order valence-electron chi connectivity index (χ3n) is 8.27. The van der Waals surface area contributed by atoms with Crippen LogP contribution in [0.1, 0.15) is 90.9 Å². The maximum Gasteiger partial charge on any atom is 0.465 e. The van der Waals surface area contributed by atoms with E-state index in [2.05, 4.69) is 6.92 Å². The molecular weight excluding hydrogens is 498 g/mol.